The van der Waals surface area contributed by atoms with Crippen LogP contribution < -0.4 is 5.32 Å². The second kappa shape index (κ2) is 9.08. The molecule has 2 N–H and O–H groups in total. The van der Waals surface area contributed by atoms with Gasteiger partial charge < -0.3 is 15.2 Å². The zero-order chi connectivity index (χ0) is 18.2. The number of aliphatic hydroxyl groups excluding tert-OH is 1. The molecule has 136 valence electrons. The second-order valence-corrected chi connectivity index (χ2v) is 6.94. The van der Waals surface area contributed by atoms with Gasteiger partial charge in [-0.05, 0) is 52.3 Å². The minimum atomic E-state index is -2.43. The number of piperidine rings is 1. The maximum Gasteiger partial charge on any atom is 0.293 e. The zero-order valence-corrected chi connectivity index (χ0v) is 14.5. The number of hydrogen-bond acceptors (Lipinski definition) is 4. The van der Waals surface area contributed by atoms with E-state index < -0.39 is 6.43 Å². The lowest BCUT2D eigenvalue weighted by Crippen LogP contribution is -2.42. The molecule has 0 bridgehead atoms. The van der Waals surface area contributed by atoms with Crippen molar-refractivity contribution in [3.05, 3.63) is 35.4 Å². The third-order valence-corrected chi connectivity index (χ3v) is 4.04. The molecule has 1 fully saturated rings. The number of carbonyl (C=O) groups is 1. The van der Waals surface area contributed by atoms with Gasteiger partial charge in [0.15, 0.2) is 0 Å². The Morgan fingerprint density at radius 1 is 1.25 bits per heavy atom. The molecule has 0 spiro atoms. The van der Waals surface area contributed by atoms with Crippen molar-refractivity contribution in [3.63, 3.8) is 0 Å². The summed E-state index contributed by atoms with van der Waals surface area (Å²) in [7, 11) is 0. The average Bonchev–Trinajstić information content (AvgIpc) is 2.55. The summed E-state index contributed by atoms with van der Waals surface area (Å²) >= 11 is 0. The van der Waals surface area contributed by atoms with Crippen LogP contribution in [0.15, 0.2) is 24.3 Å². The van der Waals surface area contributed by atoms with E-state index in [4.69, 9.17) is 0 Å². The molecule has 1 aromatic rings. The Kier molecular flexibility index (Phi) is 7.76. The molecule has 0 atom stereocenters. The number of ether oxygens (including phenoxy) is 1. The summed E-state index contributed by atoms with van der Waals surface area (Å²) in [5.41, 5.74) is 0.426. The van der Waals surface area contributed by atoms with Gasteiger partial charge >= 0.3 is 0 Å². The van der Waals surface area contributed by atoms with Gasteiger partial charge in [-0.3, -0.25) is 4.79 Å². The molecule has 2 rings (SSSR count). The van der Waals surface area contributed by atoms with E-state index in [9.17, 15) is 18.7 Å². The third-order valence-electron chi connectivity index (χ3n) is 4.04. The van der Waals surface area contributed by atoms with Crippen molar-refractivity contribution < 1.29 is 23.4 Å². The average molecular weight is 343 g/mol. The SMILES string of the molecule is CC(C)(C)OC=O.OCC1(c2ccc(C(F)F)cc2)CCNCC1. The largest absolute Gasteiger partial charge is 0.462 e. The predicted octanol–water partition coefficient (Wildman–Crippen LogP) is 3.20. The molecule has 0 saturated carbocycles. The molecular weight excluding hydrogens is 316 g/mol. The lowest BCUT2D eigenvalue weighted by molar-refractivity contribution is -0.138. The first-order valence-electron chi connectivity index (χ1n) is 8.06. The predicted molar refractivity (Wildman–Crippen MR) is 89.2 cm³/mol. The van der Waals surface area contributed by atoms with Crippen LogP contribution in [0.3, 0.4) is 0 Å². The quantitative estimate of drug-likeness (QED) is 0.825. The van der Waals surface area contributed by atoms with Crippen molar-refractivity contribution in [2.45, 2.75) is 51.1 Å². The van der Waals surface area contributed by atoms with E-state index in [1.165, 1.54) is 12.1 Å². The molecule has 0 amide bonds. The summed E-state index contributed by atoms with van der Waals surface area (Å²) in [5, 5.41) is 12.8. The van der Waals surface area contributed by atoms with Crippen molar-refractivity contribution in [2.24, 2.45) is 0 Å². The summed E-state index contributed by atoms with van der Waals surface area (Å²) in [5.74, 6) is 0. The van der Waals surface area contributed by atoms with Crippen LogP contribution >= 0.6 is 0 Å². The van der Waals surface area contributed by atoms with Crippen LogP contribution in [0.5, 0.6) is 0 Å². The van der Waals surface area contributed by atoms with Crippen LogP contribution in [0.1, 0.15) is 51.2 Å². The van der Waals surface area contributed by atoms with Gasteiger partial charge in [-0.1, -0.05) is 24.3 Å². The minimum absolute atomic E-state index is 0.0378. The summed E-state index contributed by atoms with van der Waals surface area (Å²) in [6, 6.07) is 6.37. The maximum absolute atomic E-state index is 12.5. The molecule has 6 heteroatoms. The molecule has 0 aliphatic carbocycles. The number of nitrogens with one attached hydrogen (secondary N) is 1. The fourth-order valence-corrected chi connectivity index (χ4v) is 2.57. The number of halogens is 2. The van der Waals surface area contributed by atoms with Crippen LogP contribution in [0.25, 0.3) is 0 Å². The maximum atomic E-state index is 12.5. The van der Waals surface area contributed by atoms with Gasteiger partial charge in [-0.25, -0.2) is 8.78 Å². The molecule has 0 unspecified atom stereocenters. The number of alkyl halides is 2. The van der Waals surface area contributed by atoms with Crippen molar-refractivity contribution in [1.82, 2.24) is 5.32 Å². The summed E-state index contributed by atoms with van der Waals surface area (Å²) < 4.78 is 29.5. The number of benzene rings is 1. The van der Waals surface area contributed by atoms with Gasteiger partial charge in [0.2, 0.25) is 0 Å². The van der Waals surface area contributed by atoms with Gasteiger partial charge in [-0.15, -0.1) is 0 Å². The Balaban J connectivity index is 0.000000351. The Morgan fingerprint density at radius 2 is 1.79 bits per heavy atom. The molecule has 1 saturated heterocycles. The Labute approximate surface area is 142 Å². The van der Waals surface area contributed by atoms with Crippen LogP contribution in [-0.2, 0) is 14.9 Å². The highest BCUT2D eigenvalue weighted by Gasteiger charge is 2.33. The minimum Gasteiger partial charge on any atom is -0.462 e. The second-order valence-electron chi connectivity index (χ2n) is 6.94. The van der Waals surface area contributed by atoms with Gasteiger partial charge in [-0.2, -0.15) is 0 Å². The lowest BCUT2D eigenvalue weighted by atomic mass is 9.74. The first-order chi connectivity index (χ1) is 11.2. The monoisotopic (exact) mass is 343 g/mol. The smallest absolute Gasteiger partial charge is 0.293 e. The molecule has 0 radical (unpaired) electrons. The Morgan fingerprint density at radius 3 is 2.12 bits per heavy atom. The van der Waals surface area contributed by atoms with E-state index in [2.05, 4.69) is 10.1 Å². The first-order valence-corrected chi connectivity index (χ1v) is 8.06. The molecule has 1 aliphatic heterocycles. The highest BCUT2D eigenvalue weighted by molar-refractivity contribution is 5.37. The van der Waals surface area contributed by atoms with E-state index in [0.29, 0.717) is 6.47 Å². The van der Waals surface area contributed by atoms with Crippen molar-refractivity contribution in [1.29, 1.82) is 0 Å². The number of rotatable bonds is 4. The normalized spacial score (nSPS) is 17.0. The standard InChI is InChI=1S/C13H17F2NO.C5H10O2/c14-12(15)10-1-3-11(4-2-10)13(9-17)5-7-16-8-6-13;1-5(2,3)7-4-6/h1-4,12,16-17H,5-9H2;4H,1-3H3. The lowest BCUT2D eigenvalue weighted by Gasteiger charge is -2.36. The number of hydrogen-bond donors (Lipinski definition) is 2. The van der Waals surface area contributed by atoms with E-state index in [1.54, 1.807) is 12.1 Å². The summed E-state index contributed by atoms with van der Waals surface area (Å²) in [6.45, 7) is 7.71. The van der Waals surface area contributed by atoms with Gasteiger partial charge in [0.1, 0.15) is 5.60 Å². The molecule has 4 nitrogen and oxygen atoms in total. The molecular formula is C18H27F2NO3. The molecule has 1 aliphatic rings. The molecule has 1 heterocycles. The van der Waals surface area contributed by atoms with Crippen LogP contribution in [-0.4, -0.2) is 36.9 Å². The van der Waals surface area contributed by atoms with Crippen molar-refractivity contribution in [3.8, 4) is 0 Å². The van der Waals surface area contributed by atoms with E-state index in [1.807, 2.05) is 20.8 Å². The Hall–Kier alpha value is -1.53. The zero-order valence-electron chi connectivity index (χ0n) is 14.5. The molecule has 1 aromatic carbocycles. The fraction of sp³-hybridized carbons (Fsp3) is 0.611. The van der Waals surface area contributed by atoms with Crippen LogP contribution in [0, 0.1) is 0 Å². The Bertz CT molecular complexity index is 492. The van der Waals surface area contributed by atoms with Crippen molar-refractivity contribution in [2.75, 3.05) is 19.7 Å². The van der Waals surface area contributed by atoms with Gasteiger partial charge in [0.05, 0.1) is 6.61 Å². The summed E-state index contributed by atoms with van der Waals surface area (Å²) in [6.07, 6.45) is -0.739. The number of carbonyl (C=O) groups excluding carboxylic acids is 1. The van der Waals surface area contributed by atoms with E-state index in [0.717, 1.165) is 31.5 Å². The van der Waals surface area contributed by atoms with Gasteiger partial charge in [0, 0.05) is 11.0 Å². The van der Waals surface area contributed by atoms with Gasteiger partial charge in [0.25, 0.3) is 12.9 Å². The fourth-order valence-electron chi connectivity index (χ4n) is 2.57. The summed E-state index contributed by atoms with van der Waals surface area (Å²) in [4.78, 5) is 9.60. The highest BCUT2D eigenvalue weighted by Crippen LogP contribution is 2.33. The van der Waals surface area contributed by atoms with E-state index in [-0.39, 0.29) is 23.2 Å². The first kappa shape index (κ1) is 20.5. The highest BCUT2D eigenvalue weighted by atomic mass is 19.3. The van der Waals surface area contributed by atoms with Crippen LogP contribution in [0.2, 0.25) is 0 Å². The van der Waals surface area contributed by atoms with Crippen molar-refractivity contribution >= 4 is 6.47 Å². The van der Waals surface area contributed by atoms with E-state index >= 15 is 0 Å². The third kappa shape index (κ3) is 6.17. The molecule has 24 heavy (non-hydrogen) atoms. The van der Waals surface area contributed by atoms with Crippen LogP contribution in [0.4, 0.5) is 8.78 Å². The number of aliphatic hydroxyl groups is 1. The topological polar surface area (TPSA) is 58.6 Å². The molecule has 0 aromatic heterocycles.